The van der Waals surface area contributed by atoms with Crippen LogP contribution in [0.1, 0.15) is 12.0 Å². The minimum absolute atomic E-state index is 0. The fourth-order valence-corrected chi connectivity index (χ4v) is 4.68. The molecule has 24 heavy (non-hydrogen) atoms. The summed E-state index contributed by atoms with van der Waals surface area (Å²) in [4.78, 5) is 6.28. The van der Waals surface area contributed by atoms with Crippen LogP contribution < -0.4 is 10.1 Å². The summed E-state index contributed by atoms with van der Waals surface area (Å²) in [6.45, 7) is 1.29. The van der Waals surface area contributed by atoms with Gasteiger partial charge in [0.1, 0.15) is 5.75 Å². The number of methoxy groups -OCH3 is 1. The Kier molecular flexibility index (Phi) is 8.28. The summed E-state index contributed by atoms with van der Waals surface area (Å²) < 4.78 is 28.4. The summed E-state index contributed by atoms with van der Waals surface area (Å²) >= 11 is 0. The summed E-state index contributed by atoms with van der Waals surface area (Å²) in [6, 6.07) is 7.87. The van der Waals surface area contributed by atoms with E-state index in [2.05, 4.69) is 10.3 Å². The lowest BCUT2D eigenvalue weighted by atomic mass is 10.1. The van der Waals surface area contributed by atoms with Gasteiger partial charge in [-0.1, -0.05) is 18.2 Å². The van der Waals surface area contributed by atoms with Gasteiger partial charge in [-0.3, -0.25) is 4.99 Å². The standard InChI is InChI=1S/C16H25N3O3S.HI/c1-17-16(18-10-13-8-9-23(20,21)12-13)19(2)11-14-6-4-5-7-15(14)22-3;/h4-7,13H,8-12H2,1-3H3,(H,17,18);1H. The Hall–Kier alpha value is -1.03. The van der Waals surface area contributed by atoms with E-state index in [1.54, 1.807) is 14.2 Å². The Morgan fingerprint density at radius 3 is 2.71 bits per heavy atom. The average Bonchev–Trinajstić information content (AvgIpc) is 2.87. The molecule has 2 rings (SSSR count). The number of nitrogens with zero attached hydrogens (tertiary/aromatic N) is 2. The van der Waals surface area contributed by atoms with E-state index in [0.717, 1.165) is 23.7 Å². The molecule has 6 nitrogen and oxygen atoms in total. The van der Waals surface area contributed by atoms with Gasteiger partial charge in [-0.25, -0.2) is 8.42 Å². The second-order valence-corrected chi connectivity index (χ2v) is 8.09. The monoisotopic (exact) mass is 467 g/mol. The summed E-state index contributed by atoms with van der Waals surface area (Å²) in [5.74, 6) is 2.33. The number of hydrogen-bond donors (Lipinski definition) is 1. The summed E-state index contributed by atoms with van der Waals surface area (Å²) in [5, 5.41) is 3.28. The van der Waals surface area contributed by atoms with Gasteiger partial charge in [-0.15, -0.1) is 24.0 Å². The van der Waals surface area contributed by atoms with Crippen LogP contribution in [0.25, 0.3) is 0 Å². The first-order valence-electron chi connectivity index (χ1n) is 7.69. The fourth-order valence-electron chi connectivity index (χ4n) is 2.82. The molecular weight excluding hydrogens is 441 g/mol. The highest BCUT2D eigenvalue weighted by atomic mass is 127. The molecule has 1 aromatic carbocycles. The van der Waals surface area contributed by atoms with Crippen molar-refractivity contribution in [3.8, 4) is 5.75 Å². The van der Waals surface area contributed by atoms with E-state index in [9.17, 15) is 8.42 Å². The van der Waals surface area contributed by atoms with Crippen LogP contribution in [0.3, 0.4) is 0 Å². The first kappa shape index (κ1) is 21.0. The van der Waals surface area contributed by atoms with Crippen LogP contribution in [0.15, 0.2) is 29.3 Å². The number of guanidine groups is 1. The Labute approximate surface area is 161 Å². The number of aliphatic imine (C=N–C) groups is 1. The molecule has 1 heterocycles. The van der Waals surface area contributed by atoms with Gasteiger partial charge in [0, 0.05) is 32.7 Å². The number of nitrogens with one attached hydrogen (secondary N) is 1. The highest BCUT2D eigenvalue weighted by molar-refractivity contribution is 14.0. The molecule has 1 atom stereocenters. The second-order valence-electron chi connectivity index (χ2n) is 5.87. The molecule has 0 saturated carbocycles. The topological polar surface area (TPSA) is 71.0 Å². The second kappa shape index (κ2) is 9.45. The number of halogens is 1. The van der Waals surface area contributed by atoms with Gasteiger partial charge in [0.05, 0.1) is 18.6 Å². The van der Waals surface area contributed by atoms with Crippen molar-refractivity contribution in [3.05, 3.63) is 29.8 Å². The normalized spacial score (nSPS) is 19.5. The van der Waals surface area contributed by atoms with Crippen molar-refractivity contribution in [1.29, 1.82) is 0 Å². The third-order valence-electron chi connectivity index (χ3n) is 4.05. The van der Waals surface area contributed by atoms with Crippen LogP contribution in [0.5, 0.6) is 5.75 Å². The average molecular weight is 467 g/mol. The summed E-state index contributed by atoms with van der Waals surface area (Å²) in [5.41, 5.74) is 1.07. The minimum atomic E-state index is -2.84. The molecule has 136 valence electrons. The molecule has 1 aliphatic heterocycles. The van der Waals surface area contributed by atoms with Gasteiger partial charge < -0.3 is 15.0 Å². The van der Waals surface area contributed by atoms with Crippen molar-refractivity contribution in [2.45, 2.75) is 13.0 Å². The molecule has 1 aromatic rings. The third kappa shape index (κ3) is 5.80. The molecule has 0 radical (unpaired) electrons. The van der Waals surface area contributed by atoms with E-state index in [-0.39, 0.29) is 35.6 Å². The zero-order valence-corrected chi connectivity index (χ0v) is 17.5. The molecule has 1 N–H and O–H groups in total. The highest BCUT2D eigenvalue weighted by Crippen LogP contribution is 2.19. The maximum absolute atomic E-state index is 11.5. The molecular formula is C16H26IN3O3S. The molecule has 0 aromatic heterocycles. The highest BCUT2D eigenvalue weighted by Gasteiger charge is 2.27. The van der Waals surface area contributed by atoms with Gasteiger partial charge in [0.15, 0.2) is 15.8 Å². The van der Waals surface area contributed by atoms with Crippen LogP contribution in [0.4, 0.5) is 0 Å². The van der Waals surface area contributed by atoms with E-state index in [1.165, 1.54) is 0 Å². The molecule has 0 amide bonds. The van der Waals surface area contributed by atoms with Crippen molar-refractivity contribution < 1.29 is 13.2 Å². The van der Waals surface area contributed by atoms with Crippen molar-refractivity contribution in [3.63, 3.8) is 0 Å². The number of rotatable bonds is 5. The first-order chi connectivity index (χ1) is 10.9. The van der Waals surface area contributed by atoms with Crippen LogP contribution in [0, 0.1) is 5.92 Å². The van der Waals surface area contributed by atoms with E-state index >= 15 is 0 Å². The Balaban J connectivity index is 0.00000288. The minimum Gasteiger partial charge on any atom is -0.496 e. The van der Waals surface area contributed by atoms with E-state index in [1.807, 2.05) is 36.2 Å². The van der Waals surface area contributed by atoms with Gasteiger partial charge in [0.25, 0.3) is 0 Å². The number of hydrogen-bond acceptors (Lipinski definition) is 4. The molecule has 0 aliphatic carbocycles. The van der Waals surface area contributed by atoms with Gasteiger partial charge >= 0.3 is 0 Å². The maximum atomic E-state index is 11.5. The molecule has 1 fully saturated rings. The van der Waals surface area contributed by atoms with Crippen molar-refractivity contribution in [2.75, 3.05) is 39.3 Å². The van der Waals surface area contributed by atoms with Crippen molar-refractivity contribution in [1.82, 2.24) is 10.2 Å². The zero-order valence-electron chi connectivity index (χ0n) is 14.4. The number of sulfone groups is 1. The van der Waals surface area contributed by atoms with Crippen LogP contribution in [-0.2, 0) is 16.4 Å². The molecule has 0 bridgehead atoms. The molecule has 0 spiro atoms. The van der Waals surface area contributed by atoms with Gasteiger partial charge in [-0.05, 0) is 18.4 Å². The lowest BCUT2D eigenvalue weighted by molar-refractivity contribution is 0.395. The molecule has 1 aliphatic rings. The molecule has 1 unspecified atom stereocenters. The quantitative estimate of drug-likeness (QED) is 0.406. The molecule has 1 saturated heterocycles. The maximum Gasteiger partial charge on any atom is 0.193 e. The van der Waals surface area contributed by atoms with Crippen LogP contribution in [0.2, 0.25) is 0 Å². The SMILES string of the molecule is CN=C(NCC1CCS(=O)(=O)C1)N(C)Cc1ccccc1OC.I. The van der Waals surface area contributed by atoms with E-state index in [0.29, 0.717) is 18.8 Å². The lowest BCUT2D eigenvalue weighted by Crippen LogP contribution is -2.40. The Morgan fingerprint density at radius 1 is 1.42 bits per heavy atom. The Morgan fingerprint density at radius 2 is 2.12 bits per heavy atom. The number of para-hydroxylation sites is 1. The first-order valence-corrected chi connectivity index (χ1v) is 9.51. The van der Waals surface area contributed by atoms with E-state index < -0.39 is 9.84 Å². The number of benzene rings is 1. The summed E-state index contributed by atoms with van der Waals surface area (Å²) in [6.07, 6.45) is 0.725. The fraction of sp³-hybridized carbons (Fsp3) is 0.562. The Bertz CT molecular complexity index is 664. The smallest absolute Gasteiger partial charge is 0.193 e. The predicted molar refractivity (Wildman–Crippen MR) is 108 cm³/mol. The van der Waals surface area contributed by atoms with Crippen LogP contribution >= 0.6 is 24.0 Å². The zero-order chi connectivity index (χ0) is 16.9. The van der Waals surface area contributed by atoms with Gasteiger partial charge in [0.2, 0.25) is 0 Å². The van der Waals surface area contributed by atoms with Crippen LogP contribution in [-0.4, -0.2) is 58.5 Å². The van der Waals surface area contributed by atoms with Gasteiger partial charge in [-0.2, -0.15) is 0 Å². The van der Waals surface area contributed by atoms with Crippen molar-refractivity contribution >= 4 is 39.8 Å². The third-order valence-corrected chi connectivity index (χ3v) is 5.89. The number of ether oxygens (including phenoxy) is 1. The summed E-state index contributed by atoms with van der Waals surface area (Å²) in [7, 11) is 2.50. The largest absolute Gasteiger partial charge is 0.496 e. The predicted octanol–water partition coefficient (Wildman–Crippen LogP) is 1.76. The van der Waals surface area contributed by atoms with Crippen molar-refractivity contribution in [2.24, 2.45) is 10.9 Å². The molecule has 8 heteroatoms. The van der Waals surface area contributed by atoms with E-state index in [4.69, 9.17) is 4.74 Å². The lowest BCUT2D eigenvalue weighted by Gasteiger charge is -2.24.